The van der Waals surface area contributed by atoms with E-state index in [1.54, 1.807) is 4.90 Å². The molecule has 0 radical (unpaired) electrons. The van der Waals surface area contributed by atoms with Gasteiger partial charge in [0.15, 0.2) is 5.69 Å². The molecule has 1 aromatic rings. The average Bonchev–Trinajstić information content (AvgIpc) is 3.25. The van der Waals surface area contributed by atoms with Crippen molar-refractivity contribution in [1.29, 1.82) is 0 Å². The minimum atomic E-state index is -0.478. The molecule has 0 spiro atoms. The van der Waals surface area contributed by atoms with Crippen LogP contribution in [0.25, 0.3) is 0 Å². The summed E-state index contributed by atoms with van der Waals surface area (Å²) in [7, 11) is 0. The highest BCUT2D eigenvalue weighted by Gasteiger charge is 2.25. The number of carbonyl (C=O) groups is 2. The Balaban J connectivity index is 1.38. The Morgan fingerprint density at radius 2 is 1.81 bits per heavy atom. The summed E-state index contributed by atoms with van der Waals surface area (Å²) in [6, 6.07) is 0. The van der Waals surface area contributed by atoms with Crippen LogP contribution in [0.1, 0.15) is 50.5 Å². The summed E-state index contributed by atoms with van der Waals surface area (Å²) in [6.07, 6.45) is 4.27. The molecular weight excluding hydrogens is 420 g/mol. The summed E-state index contributed by atoms with van der Waals surface area (Å²) in [6.45, 7) is 11.7. The molecule has 2 amide bonds. The molecule has 2 aliphatic rings. The molecule has 10 heteroatoms. The number of rotatable bonds is 6. The summed E-state index contributed by atoms with van der Waals surface area (Å²) in [5.41, 5.74) is -0.252. The van der Waals surface area contributed by atoms with Crippen molar-refractivity contribution in [3.8, 4) is 0 Å². The molecule has 3 rings (SSSR count). The van der Waals surface area contributed by atoms with Gasteiger partial charge in [-0.05, 0) is 46.6 Å². The van der Waals surface area contributed by atoms with Crippen molar-refractivity contribution in [3.63, 3.8) is 0 Å². The van der Waals surface area contributed by atoms with E-state index in [1.807, 2.05) is 20.8 Å². The lowest BCUT2D eigenvalue weighted by molar-refractivity contribution is 0.0144. The van der Waals surface area contributed by atoms with Crippen molar-refractivity contribution in [2.45, 2.75) is 45.6 Å². The highest BCUT2D eigenvalue weighted by atomic mass is 35.5. The zero-order chi connectivity index (χ0) is 22.4. The van der Waals surface area contributed by atoms with Crippen LogP contribution in [-0.2, 0) is 4.74 Å². The Kier molecular flexibility index (Phi) is 7.94. The molecule has 2 saturated heterocycles. The van der Waals surface area contributed by atoms with Crippen molar-refractivity contribution < 1.29 is 14.3 Å². The van der Waals surface area contributed by atoms with E-state index in [1.165, 1.54) is 6.20 Å². The Hall–Kier alpha value is -2.13. The molecule has 31 heavy (non-hydrogen) atoms. The molecule has 3 heterocycles. The van der Waals surface area contributed by atoms with Crippen LogP contribution in [0.5, 0.6) is 0 Å². The predicted molar refractivity (Wildman–Crippen MR) is 120 cm³/mol. The van der Waals surface area contributed by atoms with E-state index in [0.29, 0.717) is 25.6 Å². The van der Waals surface area contributed by atoms with E-state index >= 15 is 0 Å². The second kappa shape index (κ2) is 10.5. The van der Waals surface area contributed by atoms with Gasteiger partial charge in [-0.2, -0.15) is 0 Å². The van der Waals surface area contributed by atoms with Gasteiger partial charge < -0.3 is 19.9 Å². The number of hydrogen-bond acceptors (Lipinski definition) is 7. The zero-order valence-corrected chi connectivity index (χ0v) is 19.5. The second-order valence-electron chi connectivity index (χ2n) is 8.98. The topological polar surface area (TPSA) is 90.9 Å². The summed E-state index contributed by atoms with van der Waals surface area (Å²) in [5.74, 6) is 0.289. The largest absolute Gasteiger partial charge is 0.444 e. The molecule has 0 aromatic carbocycles. The van der Waals surface area contributed by atoms with Crippen LogP contribution in [0.2, 0.25) is 5.02 Å². The van der Waals surface area contributed by atoms with Gasteiger partial charge in [-0.25, -0.2) is 14.8 Å². The van der Waals surface area contributed by atoms with Gasteiger partial charge in [-0.1, -0.05) is 11.6 Å². The van der Waals surface area contributed by atoms with Crippen LogP contribution in [-0.4, -0.2) is 89.7 Å². The number of aromatic nitrogens is 2. The van der Waals surface area contributed by atoms with Crippen molar-refractivity contribution in [3.05, 3.63) is 16.9 Å². The molecule has 0 unspecified atom stereocenters. The molecular formula is C21H33ClN6O3. The minimum absolute atomic E-state index is 0.226. The van der Waals surface area contributed by atoms with E-state index in [4.69, 9.17) is 16.3 Å². The Morgan fingerprint density at radius 3 is 2.45 bits per heavy atom. The van der Waals surface area contributed by atoms with Crippen LogP contribution < -0.4 is 10.2 Å². The molecule has 1 N–H and O–H groups in total. The maximum Gasteiger partial charge on any atom is 0.410 e. The average molecular weight is 453 g/mol. The number of halogens is 1. The highest BCUT2D eigenvalue weighted by molar-refractivity contribution is 6.33. The Morgan fingerprint density at radius 1 is 1.13 bits per heavy atom. The Bertz CT molecular complexity index is 771. The lowest BCUT2D eigenvalue weighted by Crippen LogP contribution is -2.50. The van der Waals surface area contributed by atoms with Gasteiger partial charge in [-0.3, -0.25) is 9.69 Å². The van der Waals surface area contributed by atoms with Crippen LogP contribution >= 0.6 is 11.6 Å². The van der Waals surface area contributed by atoms with Gasteiger partial charge >= 0.3 is 6.09 Å². The van der Waals surface area contributed by atoms with Gasteiger partial charge in [0, 0.05) is 45.8 Å². The number of hydrogen-bond donors (Lipinski definition) is 1. The number of anilines is 1. The van der Waals surface area contributed by atoms with E-state index in [2.05, 4.69) is 25.1 Å². The monoisotopic (exact) mass is 452 g/mol. The maximum absolute atomic E-state index is 12.5. The molecule has 0 saturated carbocycles. The third-order valence-corrected chi connectivity index (χ3v) is 5.57. The Labute approximate surface area is 189 Å². The van der Waals surface area contributed by atoms with E-state index in [9.17, 15) is 9.59 Å². The molecule has 2 fully saturated rings. The van der Waals surface area contributed by atoms with Gasteiger partial charge in [0.2, 0.25) is 5.95 Å². The van der Waals surface area contributed by atoms with Crippen LogP contribution in [0, 0.1) is 0 Å². The first kappa shape index (κ1) is 23.5. The number of nitrogens with one attached hydrogen (secondary N) is 1. The SMILES string of the molecule is CC(C)(C)OC(=O)N1CCN(CCCNC(=O)c2nc(N3CCCC3)ncc2Cl)CC1. The van der Waals surface area contributed by atoms with Crippen LogP contribution in [0.3, 0.4) is 0 Å². The normalized spacial score (nSPS) is 17.7. The standard InChI is InChI=1S/C21H33ClN6O3/c1-21(2,3)31-20(30)28-13-11-26(12-14-28)8-6-7-23-18(29)17-16(22)15-24-19(25-17)27-9-4-5-10-27/h15H,4-14H2,1-3H3,(H,23,29). The summed E-state index contributed by atoms with van der Waals surface area (Å²) < 4.78 is 5.43. The van der Waals surface area contributed by atoms with Gasteiger partial charge in [0.05, 0.1) is 11.2 Å². The molecule has 0 aliphatic carbocycles. The summed E-state index contributed by atoms with van der Waals surface area (Å²) in [5, 5.41) is 3.17. The fourth-order valence-corrected chi connectivity index (χ4v) is 3.83. The number of carbonyl (C=O) groups excluding carboxylic acids is 2. The van der Waals surface area contributed by atoms with Crippen molar-refractivity contribution in [2.24, 2.45) is 0 Å². The smallest absolute Gasteiger partial charge is 0.410 e. The number of piperazine rings is 1. The number of ether oxygens (including phenoxy) is 1. The van der Waals surface area contributed by atoms with Gasteiger partial charge in [0.1, 0.15) is 5.60 Å². The first-order valence-electron chi connectivity index (χ1n) is 11.0. The van der Waals surface area contributed by atoms with E-state index < -0.39 is 5.60 Å². The third-order valence-electron chi connectivity index (χ3n) is 5.30. The van der Waals surface area contributed by atoms with Crippen LogP contribution in [0.15, 0.2) is 6.20 Å². The minimum Gasteiger partial charge on any atom is -0.444 e. The van der Waals surface area contributed by atoms with Crippen molar-refractivity contribution in [1.82, 2.24) is 25.1 Å². The van der Waals surface area contributed by atoms with E-state index in [0.717, 1.165) is 52.0 Å². The third kappa shape index (κ3) is 6.93. The molecule has 1 aromatic heterocycles. The molecule has 0 bridgehead atoms. The predicted octanol–water partition coefficient (Wildman–Crippen LogP) is 2.40. The lowest BCUT2D eigenvalue weighted by Gasteiger charge is -2.35. The molecule has 172 valence electrons. The molecule has 9 nitrogen and oxygen atoms in total. The van der Waals surface area contributed by atoms with Crippen molar-refractivity contribution in [2.75, 3.05) is 57.3 Å². The van der Waals surface area contributed by atoms with Gasteiger partial charge in [0.25, 0.3) is 5.91 Å². The summed E-state index contributed by atoms with van der Waals surface area (Å²) >= 11 is 6.16. The fourth-order valence-electron chi connectivity index (χ4n) is 3.66. The quantitative estimate of drug-likeness (QED) is 0.662. The van der Waals surface area contributed by atoms with E-state index in [-0.39, 0.29) is 22.7 Å². The highest BCUT2D eigenvalue weighted by Crippen LogP contribution is 2.20. The first-order valence-corrected chi connectivity index (χ1v) is 11.4. The summed E-state index contributed by atoms with van der Waals surface area (Å²) in [4.78, 5) is 39.4. The van der Waals surface area contributed by atoms with Gasteiger partial charge in [-0.15, -0.1) is 0 Å². The molecule has 2 aliphatic heterocycles. The zero-order valence-electron chi connectivity index (χ0n) is 18.7. The molecule has 0 atom stereocenters. The van der Waals surface area contributed by atoms with Crippen molar-refractivity contribution >= 4 is 29.5 Å². The fraction of sp³-hybridized carbons (Fsp3) is 0.714. The maximum atomic E-state index is 12.5. The second-order valence-corrected chi connectivity index (χ2v) is 9.39. The first-order chi connectivity index (χ1) is 14.7. The number of amides is 2. The lowest BCUT2D eigenvalue weighted by atomic mass is 10.2. The number of nitrogens with zero attached hydrogens (tertiary/aromatic N) is 5. The van der Waals surface area contributed by atoms with Crippen LogP contribution in [0.4, 0.5) is 10.7 Å².